The quantitative estimate of drug-likeness (QED) is 0.637. The molecular formula is C24H37N5O2. The second-order valence-corrected chi connectivity index (χ2v) is 9.41. The van der Waals surface area contributed by atoms with Gasteiger partial charge in [0, 0.05) is 63.1 Å². The highest BCUT2D eigenvalue weighted by atomic mass is 16.5. The van der Waals surface area contributed by atoms with Gasteiger partial charge in [0.05, 0.1) is 5.69 Å². The van der Waals surface area contributed by atoms with E-state index in [9.17, 15) is 5.11 Å². The monoisotopic (exact) mass is 427 g/mol. The average Bonchev–Trinajstić information content (AvgIpc) is 3.19. The molecule has 2 bridgehead atoms. The zero-order valence-electron chi connectivity index (χ0n) is 19.3. The molecule has 0 saturated carbocycles. The lowest BCUT2D eigenvalue weighted by molar-refractivity contribution is 0.0567. The number of nitrogens with zero attached hydrogens (tertiary/aromatic N) is 4. The summed E-state index contributed by atoms with van der Waals surface area (Å²) in [6, 6.07) is 9.42. The Bertz CT molecular complexity index is 854. The van der Waals surface area contributed by atoms with Crippen LogP contribution in [-0.4, -0.2) is 76.2 Å². The first-order valence-electron chi connectivity index (χ1n) is 11.4. The Morgan fingerprint density at radius 3 is 2.45 bits per heavy atom. The molecule has 2 aliphatic heterocycles. The summed E-state index contributed by atoms with van der Waals surface area (Å²) < 4.78 is 7.80. The van der Waals surface area contributed by atoms with E-state index in [-0.39, 0.29) is 0 Å². The van der Waals surface area contributed by atoms with Crippen LogP contribution in [0.2, 0.25) is 0 Å². The third kappa shape index (κ3) is 5.66. The van der Waals surface area contributed by atoms with Crippen molar-refractivity contribution >= 4 is 0 Å². The van der Waals surface area contributed by atoms with Crippen molar-refractivity contribution in [2.75, 3.05) is 33.3 Å². The molecule has 1 aromatic heterocycles. The van der Waals surface area contributed by atoms with Gasteiger partial charge in [0.1, 0.15) is 18.5 Å². The lowest BCUT2D eigenvalue weighted by Crippen LogP contribution is -2.53. The molecule has 3 heterocycles. The van der Waals surface area contributed by atoms with Crippen molar-refractivity contribution in [2.24, 2.45) is 7.05 Å². The summed E-state index contributed by atoms with van der Waals surface area (Å²) >= 11 is 0. The molecular weight excluding hydrogens is 390 g/mol. The van der Waals surface area contributed by atoms with E-state index in [2.05, 4.69) is 53.2 Å². The predicted octanol–water partition coefficient (Wildman–Crippen LogP) is 1.84. The topological polar surface area (TPSA) is 65.8 Å². The summed E-state index contributed by atoms with van der Waals surface area (Å²) in [5.74, 6) is 0.810. The number of fused-ring (bicyclic) bond motifs is 2. The van der Waals surface area contributed by atoms with Crippen LogP contribution in [-0.2, 0) is 20.1 Å². The van der Waals surface area contributed by atoms with Crippen molar-refractivity contribution in [1.82, 2.24) is 24.9 Å². The van der Waals surface area contributed by atoms with Crippen LogP contribution < -0.4 is 10.1 Å². The van der Waals surface area contributed by atoms with E-state index in [0.29, 0.717) is 25.2 Å². The molecule has 2 saturated heterocycles. The number of aliphatic hydroxyl groups excluding tert-OH is 1. The van der Waals surface area contributed by atoms with Gasteiger partial charge in [-0.15, -0.1) is 0 Å². The van der Waals surface area contributed by atoms with Crippen LogP contribution in [0.25, 0.3) is 0 Å². The Morgan fingerprint density at radius 1 is 1.16 bits per heavy atom. The van der Waals surface area contributed by atoms with Gasteiger partial charge in [0.15, 0.2) is 0 Å². The normalized spacial score (nSPS) is 22.3. The highest BCUT2D eigenvalue weighted by Gasteiger charge is 2.32. The molecule has 1 unspecified atom stereocenters. The number of aliphatic hydroxyl groups is 1. The fourth-order valence-corrected chi connectivity index (χ4v) is 4.96. The molecule has 1 aromatic carbocycles. The van der Waals surface area contributed by atoms with Gasteiger partial charge in [-0.05, 0) is 51.4 Å². The molecule has 2 fully saturated rings. The van der Waals surface area contributed by atoms with Crippen LogP contribution in [0.1, 0.15) is 35.4 Å². The fraction of sp³-hybridized carbons (Fsp3) is 0.625. The second-order valence-electron chi connectivity index (χ2n) is 9.41. The Labute approximate surface area is 186 Å². The van der Waals surface area contributed by atoms with Gasteiger partial charge in [-0.3, -0.25) is 14.5 Å². The van der Waals surface area contributed by atoms with E-state index in [1.54, 1.807) is 0 Å². The maximum atomic E-state index is 10.4. The zero-order chi connectivity index (χ0) is 22.0. The summed E-state index contributed by atoms with van der Waals surface area (Å²) in [6.07, 6.45) is 2.06. The highest BCUT2D eigenvalue weighted by molar-refractivity contribution is 5.28. The Hall–Kier alpha value is -1.93. The lowest BCUT2D eigenvalue weighted by atomic mass is 10.1. The molecule has 0 aliphatic carbocycles. The Balaban J connectivity index is 1.21. The van der Waals surface area contributed by atoms with Crippen LogP contribution >= 0.6 is 0 Å². The number of aryl methyl sites for hydroxylation is 2. The standard InChI is InChI=1S/C24H37N5O2/c1-17-24(18(2)28(4)26-17)15-27(3)11-19-5-9-23(10-6-19)31-16-22(30)14-29-12-20-7-8-21(13-29)25-20/h5-6,9-10,20-22,25,30H,7-8,11-16H2,1-4H3/t20-,21+,22?. The first-order chi connectivity index (χ1) is 14.9. The van der Waals surface area contributed by atoms with Crippen LogP contribution in [0.3, 0.4) is 0 Å². The number of β-amino-alcohol motifs (C(OH)–C–C–N with tert-alkyl or cyclic N) is 1. The minimum absolute atomic E-state index is 0.331. The molecule has 0 spiro atoms. The number of ether oxygens (including phenoxy) is 1. The van der Waals surface area contributed by atoms with E-state index in [1.807, 2.05) is 23.9 Å². The minimum atomic E-state index is -0.464. The van der Waals surface area contributed by atoms with Gasteiger partial charge in [-0.25, -0.2) is 0 Å². The maximum absolute atomic E-state index is 10.4. The Morgan fingerprint density at radius 2 is 1.84 bits per heavy atom. The number of piperazine rings is 1. The molecule has 2 aromatic rings. The molecule has 2 aliphatic rings. The van der Waals surface area contributed by atoms with Gasteiger partial charge < -0.3 is 15.2 Å². The fourth-order valence-electron chi connectivity index (χ4n) is 4.96. The van der Waals surface area contributed by atoms with Crippen molar-refractivity contribution in [3.8, 4) is 5.75 Å². The first kappa shape index (κ1) is 22.3. The summed E-state index contributed by atoms with van der Waals surface area (Å²) in [7, 11) is 4.13. The minimum Gasteiger partial charge on any atom is -0.491 e. The molecule has 7 heteroatoms. The van der Waals surface area contributed by atoms with Gasteiger partial charge in [-0.1, -0.05) is 12.1 Å². The van der Waals surface area contributed by atoms with Crippen LogP contribution in [0, 0.1) is 13.8 Å². The second kappa shape index (κ2) is 9.69. The summed E-state index contributed by atoms with van der Waals surface area (Å²) in [6.45, 7) is 9.02. The highest BCUT2D eigenvalue weighted by Crippen LogP contribution is 2.21. The molecule has 31 heavy (non-hydrogen) atoms. The van der Waals surface area contributed by atoms with Crippen LogP contribution in [0.5, 0.6) is 5.75 Å². The molecule has 0 amide bonds. The van der Waals surface area contributed by atoms with Crippen LogP contribution in [0.15, 0.2) is 24.3 Å². The third-order valence-corrected chi connectivity index (χ3v) is 6.67. The predicted molar refractivity (Wildman–Crippen MR) is 122 cm³/mol. The zero-order valence-corrected chi connectivity index (χ0v) is 19.3. The van der Waals surface area contributed by atoms with Gasteiger partial charge in [0.25, 0.3) is 0 Å². The Kier molecular flexibility index (Phi) is 6.96. The van der Waals surface area contributed by atoms with Crippen LogP contribution in [0.4, 0.5) is 0 Å². The smallest absolute Gasteiger partial charge is 0.119 e. The van der Waals surface area contributed by atoms with E-state index in [1.165, 1.54) is 29.7 Å². The maximum Gasteiger partial charge on any atom is 0.119 e. The van der Waals surface area contributed by atoms with Crippen molar-refractivity contribution in [3.05, 3.63) is 46.8 Å². The molecule has 3 atom stereocenters. The van der Waals surface area contributed by atoms with Crippen molar-refractivity contribution in [3.63, 3.8) is 0 Å². The summed E-state index contributed by atoms with van der Waals surface area (Å²) in [4.78, 5) is 4.68. The molecule has 170 valence electrons. The summed E-state index contributed by atoms with van der Waals surface area (Å²) in [5, 5.41) is 18.6. The number of benzene rings is 1. The third-order valence-electron chi connectivity index (χ3n) is 6.67. The van der Waals surface area contributed by atoms with Gasteiger partial charge in [-0.2, -0.15) is 5.10 Å². The number of hydrogen-bond acceptors (Lipinski definition) is 6. The number of nitrogens with one attached hydrogen (secondary N) is 1. The van der Waals surface area contributed by atoms with E-state index in [0.717, 1.165) is 37.6 Å². The van der Waals surface area contributed by atoms with E-state index < -0.39 is 6.10 Å². The van der Waals surface area contributed by atoms with Gasteiger partial charge in [0.2, 0.25) is 0 Å². The first-order valence-corrected chi connectivity index (χ1v) is 11.4. The van der Waals surface area contributed by atoms with Gasteiger partial charge >= 0.3 is 0 Å². The molecule has 2 N–H and O–H groups in total. The summed E-state index contributed by atoms with van der Waals surface area (Å²) in [5.41, 5.74) is 4.87. The average molecular weight is 428 g/mol. The molecule has 0 radical (unpaired) electrons. The number of aromatic nitrogens is 2. The SMILES string of the molecule is Cc1nn(C)c(C)c1CN(C)Cc1ccc(OCC(O)CN2C[C@H]3CC[C@@H](C2)N3)cc1. The van der Waals surface area contributed by atoms with E-state index in [4.69, 9.17) is 4.74 Å². The number of rotatable bonds is 9. The molecule has 4 rings (SSSR count). The van der Waals surface area contributed by atoms with Crippen molar-refractivity contribution < 1.29 is 9.84 Å². The largest absolute Gasteiger partial charge is 0.491 e. The lowest BCUT2D eigenvalue weighted by Gasteiger charge is -2.33. The number of hydrogen-bond donors (Lipinski definition) is 2. The van der Waals surface area contributed by atoms with Crippen molar-refractivity contribution in [1.29, 1.82) is 0 Å². The molecule has 7 nitrogen and oxygen atoms in total. The number of likely N-dealkylation sites (tertiary alicyclic amines) is 1. The van der Waals surface area contributed by atoms with Crippen molar-refractivity contribution in [2.45, 2.75) is 58.0 Å². The van der Waals surface area contributed by atoms with E-state index >= 15 is 0 Å².